The molecule has 0 aromatic heterocycles. The van der Waals surface area contributed by atoms with Crippen molar-refractivity contribution in [2.45, 2.75) is 39.7 Å². The number of amides is 1. The standard InChI is InChI=1S/C16H24N2O/c1-12-4-5-13(2)15(10-12)6-7-16-11-18(14(3)19)9-8-17-16/h4-5,10,16-17H,6-9,11H2,1-3H3. The number of benzene rings is 1. The number of carbonyl (C=O) groups excluding carboxylic acids is 1. The van der Waals surface area contributed by atoms with Crippen molar-refractivity contribution in [1.29, 1.82) is 0 Å². The highest BCUT2D eigenvalue weighted by molar-refractivity contribution is 5.73. The van der Waals surface area contributed by atoms with Crippen molar-refractivity contribution in [3.63, 3.8) is 0 Å². The van der Waals surface area contributed by atoms with Gasteiger partial charge in [-0.1, -0.05) is 23.8 Å². The molecule has 0 radical (unpaired) electrons. The largest absolute Gasteiger partial charge is 0.340 e. The summed E-state index contributed by atoms with van der Waals surface area (Å²) in [6, 6.07) is 7.06. The molecule has 1 aliphatic rings. The lowest BCUT2D eigenvalue weighted by Gasteiger charge is -2.33. The number of aryl methyl sites for hydroxylation is 3. The van der Waals surface area contributed by atoms with E-state index in [2.05, 4.69) is 37.4 Å². The molecule has 1 amide bonds. The highest BCUT2D eigenvalue weighted by Gasteiger charge is 2.20. The van der Waals surface area contributed by atoms with Crippen molar-refractivity contribution in [3.8, 4) is 0 Å². The van der Waals surface area contributed by atoms with E-state index in [9.17, 15) is 4.79 Å². The molecule has 1 aliphatic heterocycles. The molecular formula is C16H24N2O. The van der Waals surface area contributed by atoms with Gasteiger partial charge in [0.05, 0.1) is 0 Å². The molecule has 1 N–H and O–H groups in total. The molecule has 0 aliphatic carbocycles. The van der Waals surface area contributed by atoms with Gasteiger partial charge in [-0.25, -0.2) is 0 Å². The van der Waals surface area contributed by atoms with Crippen molar-refractivity contribution in [2.75, 3.05) is 19.6 Å². The van der Waals surface area contributed by atoms with Crippen molar-refractivity contribution in [2.24, 2.45) is 0 Å². The second-order valence-electron chi connectivity index (χ2n) is 5.58. The fourth-order valence-electron chi connectivity index (χ4n) is 2.70. The molecular weight excluding hydrogens is 236 g/mol. The Morgan fingerprint density at radius 1 is 1.42 bits per heavy atom. The van der Waals surface area contributed by atoms with Crippen LogP contribution in [0, 0.1) is 13.8 Å². The van der Waals surface area contributed by atoms with Crippen LogP contribution in [0.3, 0.4) is 0 Å². The quantitative estimate of drug-likeness (QED) is 0.902. The van der Waals surface area contributed by atoms with Gasteiger partial charge < -0.3 is 10.2 Å². The van der Waals surface area contributed by atoms with Crippen LogP contribution >= 0.6 is 0 Å². The Bertz CT molecular complexity index is 456. The number of hydrogen-bond acceptors (Lipinski definition) is 2. The third-order valence-electron chi connectivity index (χ3n) is 3.97. The monoisotopic (exact) mass is 260 g/mol. The summed E-state index contributed by atoms with van der Waals surface area (Å²) in [6.45, 7) is 8.57. The fourth-order valence-corrected chi connectivity index (χ4v) is 2.70. The normalized spacial score (nSPS) is 19.5. The van der Waals surface area contributed by atoms with Gasteiger partial charge in [0, 0.05) is 32.6 Å². The van der Waals surface area contributed by atoms with Crippen LogP contribution in [-0.4, -0.2) is 36.5 Å². The summed E-state index contributed by atoms with van der Waals surface area (Å²) in [4.78, 5) is 13.4. The summed E-state index contributed by atoms with van der Waals surface area (Å²) in [5, 5.41) is 3.51. The van der Waals surface area contributed by atoms with Gasteiger partial charge in [-0.15, -0.1) is 0 Å². The zero-order valence-electron chi connectivity index (χ0n) is 12.2. The van der Waals surface area contributed by atoms with Crippen LogP contribution < -0.4 is 5.32 Å². The molecule has 1 heterocycles. The van der Waals surface area contributed by atoms with Gasteiger partial charge in [0.2, 0.25) is 5.91 Å². The minimum atomic E-state index is 0.193. The lowest BCUT2D eigenvalue weighted by molar-refractivity contribution is -0.130. The van der Waals surface area contributed by atoms with Crippen LogP contribution in [0.15, 0.2) is 18.2 Å². The topological polar surface area (TPSA) is 32.3 Å². The number of piperazine rings is 1. The summed E-state index contributed by atoms with van der Waals surface area (Å²) >= 11 is 0. The number of rotatable bonds is 3. The number of hydrogen-bond donors (Lipinski definition) is 1. The van der Waals surface area contributed by atoms with Gasteiger partial charge >= 0.3 is 0 Å². The summed E-state index contributed by atoms with van der Waals surface area (Å²) in [5.41, 5.74) is 4.12. The molecule has 1 saturated heterocycles. The van der Waals surface area contributed by atoms with Crippen LogP contribution in [0.25, 0.3) is 0 Å². The molecule has 104 valence electrons. The Morgan fingerprint density at radius 2 is 2.21 bits per heavy atom. The first-order valence-corrected chi connectivity index (χ1v) is 7.11. The molecule has 1 atom stereocenters. The molecule has 1 fully saturated rings. The Balaban J connectivity index is 1.91. The zero-order chi connectivity index (χ0) is 13.8. The molecule has 2 rings (SSSR count). The van der Waals surface area contributed by atoms with E-state index in [4.69, 9.17) is 0 Å². The van der Waals surface area contributed by atoms with Crippen molar-refractivity contribution < 1.29 is 4.79 Å². The first-order valence-electron chi connectivity index (χ1n) is 7.11. The van der Waals surface area contributed by atoms with Crippen molar-refractivity contribution in [3.05, 3.63) is 34.9 Å². The van der Waals surface area contributed by atoms with E-state index < -0.39 is 0 Å². The van der Waals surface area contributed by atoms with Crippen LogP contribution in [-0.2, 0) is 11.2 Å². The molecule has 1 unspecified atom stereocenters. The number of carbonyl (C=O) groups is 1. The second kappa shape index (κ2) is 6.20. The molecule has 0 saturated carbocycles. The van der Waals surface area contributed by atoms with E-state index in [1.165, 1.54) is 16.7 Å². The van der Waals surface area contributed by atoms with Gasteiger partial charge in [-0.05, 0) is 37.8 Å². The third kappa shape index (κ3) is 3.80. The SMILES string of the molecule is CC(=O)N1CCNC(CCc2cc(C)ccc2C)C1. The fraction of sp³-hybridized carbons (Fsp3) is 0.562. The van der Waals surface area contributed by atoms with E-state index in [0.717, 1.165) is 32.5 Å². The summed E-state index contributed by atoms with van der Waals surface area (Å²) in [5.74, 6) is 0.193. The molecule has 3 nitrogen and oxygen atoms in total. The highest BCUT2D eigenvalue weighted by atomic mass is 16.2. The predicted octanol–water partition coefficient (Wildman–Crippen LogP) is 2.06. The van der Waals surface area contributed by atoms with E-state index >= 15 is 0 Å². The van der Waals surface area contributed by atoms with E-state index in [1.54, 1.807) is 6.92 Å². The van der Waals surface area contributed by atoms with Gasteiger partial charge in [-0.3, -0.25) is 4.79 Å². The first-order chi connectivity index (χ1) is 9.06. The lowest BCUT2D eigenvalue weighted by Crippen LogP contribution is -2.52. The number of nitrogens with zero attached hydrogens (tertiary/aromatic N) is 1. The first kappa shape index (κ1) is 14.1. The van der Waals surface area contributed by atoms with Crippen LogP contribution in [0.5, 0.6) is 0 Å². The zero-order valence-corrected chi connectivity index (χ0v) is 12.2. The molecule has 3 heteroatoms. The van der Waals surface area contributed by atoms with Gasteiger partial charge in [0.15, 0.2) is 0 Å². The van der Waals surface area contributed by atoms with Crippen LogP contribution in [0.2, 0.25) is 0 Å². The number of nitrogens with one attached hydrogen (secondary N) is 1. The Hall–Kier alpha value is -1.35. The average Bonchev–Trinajstić information content (AvgIpc) is 2.40. The van der Waals surface area contributed by atoms with Gasteiger partial charge in [0.25, 0.3) is 0 Å². The van der Waals surface area contributed by atoms with Crippen molar-refractivity contribution >= 4 is 5.91 Å². The summed E-state index contributed by atoms with van der Waals surface area (Å²) in [6.07, 6.45) is 2.17. The maximum absolute atomic E-state index is 11.4. The van der Waals surface area contributed by atoms with Crippen molar-refractivity contribution in [1.82, 2.24) is 10.2 Å². The predicted molar refractivity (Wildman–Crippen MR) is 78.3 cm³/mol. The third-order valence-corrected chi connectivity index (χ3v) is 3.97. The summed E-state index contributed by atoms with van der Waals surface area (Å²) < 4.78 is 0. The van der Waals surface area contributed by atoms with Crippen LogP contribution in [0.4, 0.5) is 0 Å². The van der Waals surface area contributed by atoms with E-state index in [1.807, 2.05) is 4.90 Å². The minimum absolute atomic E-state index is 0.193. The Kier molecular flexibility index (Phi) is 4.59. The lowest BCUT2D eigenvalue weighted by atomic mass is 9.98. The maximum atomic E-state index is 11.4. The summed E-state index contributed by atoms with van der Waals surface area (Å²) in [7, 11) is 0. The molecule has 1 aromatic carbocycles. The highest BCUT2D eigenvalue weighted by Crippen LogP contribution is 2.15. The van der Waals surface area contributed by atoms with Crippen LogP contribution in [0.1, 0.15) is 30.0 Å². The Morgan fingerprint density at radius 3 is 2.95 bits per heavy atom. The minimum Gasteiger partial charge on any atom is -0.340 e. The van der Waals surface area contributed by atoms with E-state index in [-0.39, 0.29) is 5.91 Å². The molecule has 1 aromatic rings. The van der Waals surface area contributed by atoms with E-state index in [0.29, 0.717) is 6.04 Å². The molecule has 0 spiro atoms. The average molecular weight is 260 g/mol. The second-order valence-corrected chi connectivity index (χ2v) is 5.58. The van der Waals surface area contributed by atoms with Gasteiger partial charge in [-0.2, -0.15) is 0 Å². The maximum Gasteiger partial charge on any atom is 0.219 e. The smallest absolute Gasteiger partial charge is 0.219 e. The molecule has 19 heavy (non-hydrogen) atoms. The molecule has 0 bridgehead atoms. The Labute approximate surface area is 116 Å². The van der Waals surface area contributed by atoms with Gasteiger partial charge in [0.1, 0.15) is 0 Å².